The maximum atomic E-state index is 12.7. The van der Waals surface area contributed by atoms with Gasteiger partial charge in [0.1, 0.15) is 11.2 Å². The Balaban J connectivity index is 1.76. The van der Waals surface area contributed by atoms with Crippen molar-refractivity contribution in [1.82, 2.24) is 0 Å². The van der Waals surface area contributed by atoms with Crippen molar-refractivity contribution < 1.29 is 9.21 Å². The van der Waals surface area contributed by atoms with Crippen LogP contribution in [-0.2, 0) is 0 Å². The van der Waals surface area contributed by atoms with Crippen LogP contribution in [0, 0.1) is 6.92 Å². The number of hydrogen-bond donors (Lipinski definition) is 1. The molecular formula is C21H13Cl2NO3. The van der Waals surface area contributed by atoms with Crippen LogP contribution in [0.3, 0.4) is 0 Å². The number of rotatable bonds is 2. The molecule has 4 nitrogen and oxygen atoms in total. The number of fused-ring (bicyclic) bond motifs is 2. The van der Waals surface area contributed by atoms with E-state index in [9.17, 15) is 9.59 Å². The molecule has 27 heavy (non-hydrogen) atoms. The number of carbonyl (C=O) groups excluding carboxylic acids is 1. The van der Waals surface area contributed by atoms with Gasteiger partial charge in [-0.25, -0.2) is 0 Å². The smallest absolute Gasteiger partial charge is 0.255 e. The van der Waals surface area contributed by atoms with Crippen molar-refractivity contribution in [2.24, 2.45) is 0 Å². The molecule has 4 rings (SSSR count). The molecule has 0 fully saturated rings. The van der Waals surface area contributed by atoms with E-state index in [4.69, 9.17) is 27.6 Å². The average Bonchev–Trinajstić information content (AvgIpc) is 2.64. The summed E-state index contributed by atoms with van der Waals surface area (Å²) < 4.78 is 5.88. The normalized spacial score (nSPS) is 11.1. The van der Waals surface area contributed by atoms with Crippen LogP contribution in [0.5, 0.6) is 0 Å². The Morgan fingerprint density at radius 1 is 0.926 bits per heavy atom. The molecule has 134 valence electrons. The fraction of sp³-hybridized carbons (Fsp3) is 0.0476. The van der Waals surface area contributed by atoms with Crippen molar-refractivity contribution in [3.63, 3.8) is 0 Å². The number of carbonyl (C=O) groups is 1. The zero-order chi connectivity index (χ0) is 19.1. The molecule has 0 bridgehead atoms. The lowest BCUT2D eigenvalue weighted by atomic mass is 10.1. The monoisotopic (exact) mass is 397 g/mol. The molecule has 6 heteroatoms. The molecule has 0 aliphatic rings. The van der Waals surface area contributed by atoms with Gasteiger partial charge in [-0.3, -0.25) is 9.59 Å². The first-order valence-corrected chi connectivity index (χ1v) is 8.91. The highest BCUT2D eigenvalue weighted by Crippen LogP contribution is 2.26. The van der Waals surface area contributed by atoms with Crippen LogP contribution < -0.4 is 10.7 Å². The highest BCUT2D eigenvalue weighted by Gasteiger charge is 2.12. The predicted octanol–water partition coefficient (Wildman–Crippen LogP) is 5.81. The molecule has 1 N–H and O–H groups in total. The Hall–Kier alpha value is -2.82. The number of aryl methyl sites for hydroxylation is 1. The van der Waals surface area contributed by atoms with Gasteiger partial charge in [0.25, 0.3) is 5.91 Å². The number of benzene rings is 3. The summed E-state index contributed by atoms with van der Waals surface area (Å²) in [4.78, 5) is 25.1. The zero-order valence-electron chi connectivity index (χ0n) is 14.2. The second-order valence-corrected chi connectivity index (χ2v) is 7.04. The maximum Gasteiger partial charge on any atom is 0.255 e. The van der Waals surface area contributed by atoms with Gasteiger partial charge in [-0.05, 0) is 61.0 Å². The Labute approximate surface area is 164 Å². The number of halogens is 2. The summed E-state index contributed by atoms with van der Waals surface area (Å²) in [5.74, 6) is -0.281. The largest absolute Gasteiger partial charge is 0.456 e. The predicted molar refractivity (Wildman–Crippen MR) is 109 cm³/mol. The number of hydrogen-bond acceptors (Lipinski definition) is 3. The minimum Gasteiger partial charge on any atom is -0.456 e. The van der Waals surface area contributed by atoms with Crippen LogP contribution >= 0.6 is 23.2 Å². The highest BCUT2D eigenvalue weighted by atomic mass is 35.5. The molecule has 3 aromatic carbocycles. The number of anilines is 1. The molecule has 0 unspecified atom stereocenters. The number of nitrogens with one attached hydrogen (secondary N) is 1. The average molecular weight is 398 g/mol. The first-order chi connectivity index (χ1) is 12.9. The van der Waals surface area contributed by atoms with Gasteiger partial charge < -0.3 is 9.73 Å². The molecular weight excluding hydrogens is 385 g/mol. The van der Waals surface area contributed by atoms with Crippen molar-refractivity contribution in [3.05, 3.63) is 86.0 Å². The van der Waals surface area contributed by atoms with Crippen LogP contribution in [0.4, 0.5) is 5.69 Å². The van der Waals surface area contributed by atoms with E-state index in [0.29, 0.717) is 43.2 Å². The molecule has 1 aromatic heterocycles. The van der Waals surface area contributed by atoms with E-state index in [-0.39, 0.29) is 11.3 Å². The number of amides is 1. The molecule has 0 radical (unpaired) electrons. The lowest BCUT2D eigenvalue weighted by Crippen LogP contribution is -2.12. The molecule has 0 aliphatic carbocycles. The maximum absolute atomic E-state index is 12.7. The van der Waals surface area contributed by atoms with Gasteiger partial charge in [-0.15, -0.1) is 0 Å². The van der Waals surface area contributed by atoms with Gasteiger partial charge >= 0.3 is 0 Å². The van der Waals surface area contributed by atoms with E-state index in [1.54, 1.807) is 54.6 Å². The lowest BCUT2D eigenvalue weighted by molar-refractivity contribution is 0.102. The fourth-order valence-corrected chi connectivity index (χ4v) is 3.15. The van der Waals surface area contributed by atoms with Gasteiger partial charge in [0, 0.05) is 27.4 Å². The molecule has 0 spiro atoms. The third kappa shape index (κ3) is 3.29. The molecule has 1 heterocycles. The summed E-state index contributed by atoms with van der Waals surface area (Å²) in [5.41, 5.74) is 2.50. The van der Waals surface area contributed by atoms with Gasteiger partial charge in [-0.2, -0.15) is 0 Å². The third-order valence-electron chi connectivity index (χ3n) is 4.32. The summed E-state index contributed by atoms with van der Waals surface area (Å²) in [6.45, 7) is 1.84. The highest BCUT2D eigenvalue weighted by molar-refractivity contribution is 6.32. The molecule has 0 atom stereocenters. The van der Waals surface area contributed by atoms with E-state index in [2.05, 4.69) is 5.32 Å². The summed E-state index contributed by atoms with van der Waals surface area (Å²) in [7, 11) is 0. The second-order valence-electron chi connectivity index (χ2n) is 6.20. The van der Waals surface area contributed by atoms with Crippen molar-refractivity contribution in [2.45, 2.75) is 6.92 Å². The van der Waals surface area contributed by atoms with Crippen LogP contribution in [0.15, 0.2) is 63.8 Å². The van der Waals surface area contributed by atoms with Crippen molar-refractivity contribution in [1.29, 1.82) is 0 Å². The standard InChI is InChI=1S/C21H13Cl2NO3/c1-11-8-18-16(10-17(11)23)20(25)15-7-6-14(9-19(15)27-18)24-21(26)12-2-4-13(22)5-3-12/h2-10H,1H3,(H,24,26). The fourth-order valence-electron chi connectivity index (χ4n) is 2.86. The summed E-state index contributed by atoms with van der Waals surface area (Å²) in [5, 5.41) is 4.71. The first-order valence-electron chi connectivity index (χ1n) is 8.16. The Kier molecular flexibility index (Phi) is 4.38. The quantitative estimate of drug-likeness (QED) is 0.433. The van der Waals surface area contributed by atoms with Crippen molar-refractivity contribution in [2.75, 3.05) is 5.32 Å². The van der Waals surface area contributed by atoms with Crippen LogP contribution in [0.1, 0.15) is 15.9 Å². The minimum absolute atomic E-state index is 0.163. The van der Waals surface area contributed by atoms with E-state index >= 15 is 0 Å². The van der Waals surface area contributed by atoms with Crippen LogP contribution in [-0.4, -0.2) is 5.91 Å². The second kappa shape index (κ2) is 6.72. The van der Waals surface area contributed by atoms with Crippen LogP contribution in [0.25, 0.3) is 21.9 Å². The molecule has 1 amide bonds. The van der Waals surface area contributed by atoms with Gasteiger partial charge in [0.2, 0.25) is 5.43 Å². The van der Waals surface area contributed by atoms with E-state index in [0.717, 1.165) is 5.56 Å². The third-order valence-corrected chi connectivity index (χ3v) is 4.98. The summed E-state index contributed by atoms with van der Waals surface area (Å²) in [6, 6.07) is 14.8. The van der Waals surface area contributed by atoms with Crippen molar-refractivity contribution >= 4 is 56.7 Å². The van der Waals surface area contributed by atoms with Gasteiger partial charge in [-0.1, -0.05) is 23.2 Å². The van der Waals surface area contributed by atoms with E-state index < -0.39 is 0 Å². The summed E-state index contributed by atoms with van der Waals surface area (Å²) >= 11 is 12.0. The van der Waals surface area contributed by atoms with Gasteiger partial charge in [0.05, 0.1) is 10.8 Å². The Morgan fingerprint density at radius 2 is 1.63 bits per heavy atom. The molecule has 0 aliphatic heterocycles. The van der Waals surface area contributed by atoms with Gasteiger partial charge in [0.15, 0.2) is 0 Å². The van der Waals surface area contributed by atoms with E-state index in [1.807, 2.05) is 6.92 Å². The molecule has 0 saturated heterocycles. The molecule has 4 aromatic rings. The SMILES string of the molecule is Cc1cc2oc3cc(NC(=O)c4ccc(Cl)cc4)ccc3c(=O)c2cc1Cl. The molecule has 0 saturated carbocycles. The van der Waals surface area contributed by atoms with Crippen LogP contribution in [0.2, 0.25) is 10.0 Å². The Morgan fingerprint density at radius 3 is 2.37 bits per heavy atom. The first kappa shape index (κ1) is 17.6. The topological polar surface area (TPSA) is 59.3 Å². The zero-order valence-corrected chi connectivity index (χ0v) is 15.7. The minimum atomic E-state index is -0.281. The summed E-state index contributed by atoms with van der Waals surface area (Å²) in [6.07, 6.45) is 0. The Bertz CT molecular complexity index is 1260. The lowest BCUT2D eigenvalue weighted by Gasteiger charge is -2.08. The van der Waals surface area contributed by atoms with E-state index in [1.165, 1.54) is 0 Å². The van der Waals surface area contributed by atoms with Crippen molar-refractivity contribution in [3.8, 4) is 0 Å².